The van der Waals surface area contributed by atoms with Crippen molar-refractivity contribution in [1.82, 2.24) is 15.2 Å². The predicted molar refractivity (Wildman–Crippen MR) is 110 cm³/mol. The molecule has 0 radical (unpaired) electrons. The van der Waals surface area contributed by atoms with Gasteiger partial charge in [0.15, 0.2) is 6.10 Å². The number of hydrogen-bond acceptors (Lipinski definition) is 4. The quantitative estimate of drug-likeness (QED) is 0.702. The smallest absolute Gasteiger partial charge is 0.264 e. The monoisotopic (exact) mass is 411 g/mol. The Bertz CT molecular complexity index is 1110. The van der Waals surface area contributed by atoms with E-state index in [0.29, 0.717) is 41.2 Å². The fraction of sp³-hybridized carbons (Fsp3) is 0.273. The topological polar surface area (TPSA) is 54.5 Å². The lowest BCUT2D eigenvalue weighted by molar-refractivity contribution is -0.138. The molecule has 5 nitrogen and oxygen atoms in total. The average molecular weight is 412 g/mol. The summed E-state index contributed by atoms with van der Waals surface area (Å²) in [5.41, 5.74) is 2.72. The van der Waals surface area contributed by atoms with Crippen LogP contribution >= 0.6 is 11.6 Å². The molecule has 0 spiro atoms. The normalized spacial score (nSPS) is 18.6. The number of rotatable bonds is 2. The molecule has 29 heavy (non-hydrogen) atoms. The highest BCUT2D eigenvalue weighted by atomic mass is 35.5. The number of nitrogens with one attached hydrogen (secondary N) is 1. The molecule has 1 amide bonds. The number of para-hydroxylation sites is 1. The van der Waals surface area contributed by atoms with Gasteiger partial charge >= 0.3 is 0 Å². The number of fused-ring (bicyclic) bond motifs is 2. The van der Waals surface area contributed by atoms with Gasteiger partial charge in [-0.25, -0.2) is 4.39 Å². The van der Waals surface area contributed by atoms with E-state index in [1.54, 1.807) is 18.3 Å². The number of carbonyl (C=O) groups is 1. The van der Waals surface area contributed by atoms with Crippen molar-refractivity contribution >= 4 is 28.4 Å². The van der Waals surface area contributed by atoms with Crippen molar-refractivity contribution in [2.24, 2.45) is 0 Å². The molecule has 5 rings (SSSR count). The highest BCUT2D eigenvalue weighted by molar-refractivity contribution is 6.31. The minimum Gasteiger partial charge on any atom is -0.479 e. The Balaban J connectivity index is 1.56. The maximum absolute atomic E-state index is 14.2. The van der Waals surface area contributed by atoms with Gasteiger partial charge in [0.25, 0.3) is 5.91 Å². The Morgan fingerprint density at radius 1 is 1.21 bits per heavy atom. The second kappa shape index (κ2) is 7.28. The molecule has 1 saturated heterocycles. The number of ether oxygens (including phenoxy) is 1. The van der Waals surface area contributed by atoms with E-state index < -0.39 is 6.10 Å². The van der Waals surface area contributed by atoms with Gasteiger partial charge in [-0.2, -0.15) is 0 Å². The number of hydrogen-bond donors (Lipinski definition) is 1. The van der Waals surface area contributed by atoms with Gasteiger partial charge < -0.3 is 15.0 Å². The first-order valence-electron chi connectivity index (χ1n) is 9.64. The molecule has 2 aliphatic rings. The van der Waals surface area contributed by atoms with Crippen molar-refractivity contribution in [3.8, 4) is 16.9 Å². The molecule has 0 saturated carbocycles. The summed E-state index contributed by atoms with van der Waals surface area (Å²) >= 11 is 6.39. The second-order valence-electron chi connectivity index (χ2n) is 7.32. The van der Waals surface area contributed by atoms with Gasteiger partial charge in [-0.05, 0) is 29.8 Å². The van der Waals surface area contributed by atoms with Crippen molar-refractivity contribution < 1.29 is 13.9 Å². The van der Waals surface area contributed by atoms with Crippen molar-refractivity contribution in [1.29, 1.82) is 0 Å². The molecule has 7 heteroatoms. The summed E-state index contributed by atoms with van der Waals surface area (Å²) in [6, 6.07) is 10.3. The summed E-state index contributed by atoms with van der Waals surface area (Å²) in [5, 5.41) is 4.48. The molecule has 0 aliphatic carbocycles. The number of halogens is 2. The van der Waals surface area contributed by atoms with Gasteiger partial charge in [0.05, 0.1) is 0 Å². The Morgan fingerprint density at radius 2 is 2.03 bits per heavy atom. The molecule has 1 fully saturated rings. The zero-order chi connectivity index (χ0) is 20.0. The van der Waals surface area contributed by atoms with E-state index in [0.717, 1.165) is 29.8 Å². The van der Waals surface area contributed by atoms with Gasteiger partial charge in [0.2, 0.25) is 0 Å². The van der Waals surface area contributed by atoms with Crippen LogP contribution in [0.1, 0.15) is 5.56 Å². The third kappa shape index (κ3) is 3.22. The molecular formula is C22H19ClFN3O2. The molecule has 3 aromatic rings. The van der Waals surface area contributed by atoms with Crippen LogP contribution in [-0.4, -0.2) is 48.1 Å². The molecule has 148 valence electrons. The standard InChI is InChI=1S/C22H19ClFN3O2/c23-14-10-13-11-19(22(28)27-8-6-25-7-9-27)29-21(13)17(12-14)15-4-5-26-20-16(15)2-1-3-18(20)24/h1-5,10,12,19,25H,6-9,11H2/t19-/m0/s1. The zero-order valence-electron chi connectivity index (χ0n) is 15.6. The number of benzene rings is 2. The van der Waals surface area contributed by atoms with E-state index in [2.05, 4.69) is 10.3 Å². The first kappa shape index (κ1) is 18.3. The SMILES string of the molecule is O=C([C@@H]1Cc2cc(Cl)cc(-c3ccnc4c(F)cccc34)c2O1)N1CCNCC1. The first-order valence-corrected chi connectivity index (χ1v) is 10.0. The highest BCUT2D eigenvalue weighted by Gasteiger charge is 2.35. The molecule has 2 aromatic carbocycles. The van der Waals surface area contributed by atoms with Crippen LogP contribution in [0.15, 0.2) is 42.6 Å². The molecule has 1 aromatic heterocycles. The fourth-order valence-electron chi connectivity index (χ4n) is 4.13. The van der Waals surface area contributed by atoms with E-state index in [1.165, 1.54) is 6.07 Å². The van der Waals surface area contributed by atoms with Crippen molar-refractivity contribution in [2.45, 2.75) is 12.5 Å². The zero-order valence-corrected chi connectivity index (χ0v) is 16.4. The summed E-state index contributed by atoms with van der Waals surface area (Å²) in [6.07, 6.45) is 1.49. The number of carbonyl (C=O) groups excluding carboxylic acids is 1. The number of piperazine rings is 1. The lowest BCUT2D eigenvalue weighted by atomic mass is 9.97. The van der Waals surface area contributed by atoms with E-state index in [4.69, 9.17) is 16.3 Å². The Labute approximate surface area is 172 Å². The highest BCUT2D eigenvalue weighted by Crippen LogP contribution is 2.43. The molecular weight excluding hydrogens is 393 g/mol. The van der Waals surface area contributed by atoms with Crippen LogP contribution in [0.4, 0.5) is 4.39 Å². The number of aromatic nitrogens is 1. The first-order chi connectivity index (χ1) is 14.1. The minimum absolute atomic E-state index is 0.00426. The van der Waals surface area contributed by atoms with Gasteiger partial charge in [-0.1, -0.05) is 23.7 Å². The average Bonchev–Trinajstić information content (AvgIpc) is 3.17. The molecule has 0 unspecified atom stereocenters. The predicted octanol–water partition coefficient (Wildman–Crippen LogP) is 3.43. The van der Waals surface area contributed by atoms with Gasteiger partial charge in [-0.3, -0.25) is 9.78 Å². The molecule has 1 atom stereocenters. The summed E-state index contributed by atoms with van der Waals surface area (Å²) in [5.74, 6) is 0.255. The third-order valence-corrected chi connectivity index (χ3v) is 5.73. The second-order valence-corrected chi connectivity index (χ2v) is 7.76. The Hall–Kier alpha value is -2.70. The maximum Gasteiger partial charge on any atom is 0.264 e. The van der Waals surface area contributed by atoms with E-state index in [1.807, 2.05) is 23.1 Å². The third-order valence-electron chi connectivity index (χ3n) is 5.51. The van der Waals surface area contributed by atoms with Gasteiger partial charge in [-0.15, -0.1) is 0 Å². The van der Waals surface area contributed by atoms with Crippen LogP contribution < -0.4 is 10.1 Å². The van der Waals surface area contributed by atoms with Crippen molar-refractivity contribution in [2.75, 3.05) is 26.2 Å². The van der Waals surface area contributed by atoms with E-state index in [9.17, 15) is 9.18 Å². The number of amides is 1. The summed E-state index contributed by atoms with van der Waals surface area (Å²) in [7, 11) is 0. The lowest BCUT2D eigenvalue weighted by Crippen LogP contribution is -2.50. The van der Waals surface area contributed by atoms with Crippen LogP contribution in [0, 0.1) is 5.82 Å². The van der Waals surface area contributed by atoms with Crippen LogP contribution in [0.3, 0.4) is 0 Å². The summed E-state index contributed by atoms with van der Waals surface area (Å²) in [4.78, 5) is 18.9. The molecule has 3 heterocycles. The molecule has 1 N–H and O–H groups in total. The lowest BCUT2D eigenvalue weighted by Gasteiger charge is -2.29. The maximum atomic E-state index is 14.2. The van der Waals surface area contributed by atoms with Crippen molar-refractivity contribution in [3.63, 3.8) is 0 Å². The van der Waals surface area contributed by atoms with Gasteiger partial charge in [0, 0.05) is 60.3 Å². The van der Waals surface area contributed by atoms with Crippen LogP contribution in [0.25, 0.3) is 22.0 Å². The molecule has 2 aliphatic heterocycles. The Kier molecular flexibility index (Phi) is 4.60. The van der Waals surface area contributed by atoms with Crippen LogP contribution in [-0.2, 0) is 11.2 Å². The van der Waals surface area contributed by atoms with Gasteiger partial charge in [0.1, 0.15) is 17.1 Å². The number of pyridine rings is 1. The largest absolute Gasteiger partial charge is 0.479 e. The van der Waals surface area contributed by atoms with Crippen LogP contribution in [0.2, 0.25) is 5.02 Å². The minimum atomic E-state index is -0.565. The van der Waals surface area contributed by atoms with E-state index >= 15 is 0 Å². The summed E-state index contributed by atoms with van der Waals surface area (Å²) in [6.45, 7) is 2.93. The van der Waals surface area contributed by atoms with Crippen molar-refractivity contribution in [3.05, 3.63) is 59.0 Å². The molecule has 0 bridgehead atoms. The Morgan fingerprint density at radius 3 is 2.86 bits per heavy atom. The van der Waals surface area contributed by atoms with Crippen LogP contribution in [0.5, 0.6) is 5.75 Å². The number of nitrogens with zero attached hydrogens (tertiary/aromatic N) is 2. The fourth-order valence-corrected chi connectivity index (χ4v) is 4.37. The van der Waals surface area contributed by atoms with E-state index in [-0.39, 0.29) is 11.7 Å². The summed E-state index contributed by atoms with van der Waals surface area (Å²) < 4.78 is 20.4.